The third-order valence-corrected chi connectivity index (χ3v) is 4.29. The van der Waals surface area contributed by atoms with E-state index in [2.05, 4.69) is 25.7 Å². The van der Waals surface area contributed by atoms with Crippen LogP contribution in [0.2, 0.25) is 0 Å². The molecule has 0 amide bonds. The highest BCUT2D eigenvalue weighted by atomic mass is 15.1. The van der Waals surface area contributed by atoms with E-state index in [0.717, 1.165) is 18.8 Å². The SMILES string of the molecule is CCC1CCN(CCCC(C)(C)C(=N)N)CC1. The van der Waals surface area contributed by atoms with Gasteiger partial charge in [0.25, 0.3) is 0 Å². The quantitative estimate of drug-likeness (QED) is 0.553. The van der Waals surface area contributed by atoms with Crippen molar-refractivity contribution in [1.82, 2.24) is 4.90 Å². The molecule has 17 heavy (non-hydrogen) atoms. The molecule has 1 saturated heterocycles. The van der Waals surface area contributed by atoms with Crippen molar-refractivity contribution in [3.63, 3.8) is 0 Å². The van der Waals surface area contributed by atoms with Gasteiger partial charge in [-0.25, -0.2) is 0 Å². The first-order chi connectivity index (χ1) is 7.95. The maximum atomic E-state index is 7.54. The molecule has 1 fully saturated rings. The van der Waals surface area contributed by atoms with Crippen LogP contribution in [-0.4, -0.2) is 30.4 Å². The molecule has 1 aliphatic rings. The molecule has 1 rings (SSSR count). The normalized spacial score (nSPS) is 19.5. The lowest BCUT2D eigenvalue weighted by atomic mass is 9.86. The molecule has 1 aliphatic heterocycles. The van der Waals surface area contributed by atoms with Crippen LogP contribution in [0.4, 0.5) is 0 Å². The van der Waals surface area contributed by atoms with Crippen LogP contribution in [0.15, 0.2) is 0 Å². The molecule has 0 aromatic heterocycles. The molecule has 0 unspecified atom stereocenters. The van der Waals surface area contributed by atoms with Crippen LogP contribution in [0, 0.1) is 16.7 Å². The molecule has 3 nitrogen and oxygen atoms in total. The topological polar surface area (TPSA) is 53.1 Å². The molecule has 100 valence electrons. The first-order valence-corrected chi connectivity index (χ1v) is 7.02. The average Bonchev–Trinajstić information content (AvgIpc) is 2.29. The Labute approximate surface area is 106 Å². The highest BCUT2D eigenvalue weighted by Crippen LogP contribution is 2.24. The van der Waals surface area contributed by atoms with Crippen molar-refractivity contribution in [3.05, 3.63) is 0 Å². The third-order valence-electron chi connectivity index (χ3n) is 4.29. The van der Waals surface area contributed by atoms with Crippen LogP contribution in [0.1, 0.15) is 52.9 Å². The van der Waals surface area contributed by atoms with Gasteiger partial charge in [0.2, 0.25) is 0 Å². The van der Waals surface area contributed by atoms with Crippen molar-refractivity contribution in [3.8, 4) is 0 Å². The summed E-state index contributed by atoms with van der Waals surface area (Å²) in [6.07, 6.45) is 6.25. The molecule has 0 bridgehead atoms. The van der Waals surface area contributed by atoms with E-state index in [0.29, 0.717) is 5.84 Å². The van der Waals surface area contributed by atoms with Crippen molar-refractivity contribution in [2.45, 2.75) is 52.9 Å². The van der Waals surface area contributed by atoms with E-state index >= 15 is 0 Å². The molecular weight excluding hydrogens is 210 g/mol. The first kappa shape index (κ1) is 14.5. The van der Waals surface area contributed by atoms with Crippen molar-refractivity contribution in [1.29, 1.82) is 5.41 Å². The summed E-state index contributed by atoms with van der Waals surface area (Å²) in [5.74, 6) is 1.28. The Morgan fingerprint density at radius 2 is 1.94 bits per heavy atom. The zero-order valence-corrected chi connectivity index (χ0v) is 11.8. The summed E-state index contributed by atoms with van der Waals surface area (Å²) < 4.78 is 0. The van der Waals surface area contributed by atoms with Gasteiger partial charge in [0, 0.05) is 5.41 Å². The Morgan fingerprint density at radius 1 is 1.35 bits per heavy atom. The molecule has 3 heteroatoms. The first-order valence-electron chi connectivity index (χ1n) is 7.02. The van der Waals surface area contributed by atoms with Crippen LogP contribution >= 0.6 is 0 Å². The molecule has 0 saturated carbocycles. The number of nitrogens with zero attached hydrogens (tertiary/aromatic N) is 1. The standard InChI is InChI=1S/C14H29N3/c1-4-12-6-10-17(11-7-12)9-5-8-14(2,3)13(15)16/h12H,4-11H2,1-3H3,(H3,15,16). The van der Waals surface area contributed by atoms with Crippen molar-refractivity contribution in [2.75, 3.05) is 19.6 Å². The van der Waals surface area contributed by atoms with E-state index in [1.54, 1.807) is 0 Å². The molecule has 0 radical (unpaired) electrons. The Kier molecular flexibility index (Phi) is 5.44. The highest BCUT2D eigenvalue weighted by Gasteiger charge is 2.22. The van der Waals surface area contributed by atoms with Gasteiger partial charge >= 0.3 is 0 Å². The predicted octanol–water partition coefficient (Wildman–Crippen LogP) is 2.85. The van der Waals surface area contributed by atoms with Gasteiger partial charge in [-0.15, -0.1) is 0 Å². The molecule has 0 spiro atoms. The third kappa shape index (κ3) is 4.66. The maximum absolute atomic E-state index is 7.54. The van der Waals surface area contributed by atoms with Crippen molar-refractivity contribution >= 4 is 5.84 Å². The average molecular weight is 239 g/mol. The van der Waals surface area contributed by atoms with Gasteiger partial charge in [0.05, 0.1) is 5.84 Å². The predicted molar refractivity (Wildman–Crippen MR) is 74.4 cm³/mol. The van der Waals surface area contributed by atoms with Gasteiger partial charge in [0.15, 0.2) is 0 Å². The van der Waals surface area contributed by atoms with E-state index in [9.17, 15) is 0 Å². The molecule has 0 aliphatic carbocycles. The Morgan fingerprint density at radius 3 is 2.41 bits per heavy atom. The number of amidine groups is 1. The smallest absolute Gasteiger partial charge is 0.0963 e. The number of nitrogens with two attached hydrogens (primary N) is 1. The van der Waals surface area contributed by atoms with Crippen LogP contribution in [-0.2, 0) is 0 Å². The zero-order valence-electron chi connectivity index (χ0n) is 11.8. The summed E-state index contributed by atoms with van der Waals surface area (Å²) in [5.41, 5.74) is 5.47. The van der Waals surface area contributed by atoms with Gasteiger partial charge < -0.3 is 10.6 Å². The fraction of sp³-hybridized carbons (Fsp3) is 0.929. The molecule has 3 N–H and O–H groups in total. The largest absolute Gasteiger partial charge is 0.387 e. The summed E-state index contributed by atoms with van der Waals surface area (Å²) in [5, 5.41) is 7.54. The zero-order chi connectivity index (χ0) is 12.9. The summed E-state index contributed by atoms with van der Waals surface area (Å²) in [6.45, 7) is 10.1. The second kappa shape index (κ2) is 6.39. The summed E-state index contributed by atoms with van der Waals surface area (Å²) in [6, 6.07) is 0. The van der Waals surface area contributed by atoms with Gasteiger partial charge in [-0.1, -0.05) is 27.2 Å². The Bertz CT molecular complexity index is 240. The minimum atomic E-state index is -0.123. The van der Waals surface area contributed by atoms with Gasteiger partial charge in [-0.3, -0.25) is 5.41 Å². The Hall–Kier alpha value is -0.570. The second-order valence-electron chi connectivity index (χ2n) is 6.09. The van der Waals surface area contributed by atoms with Crippen molar-refractivity contribution < 1.29 is 0 Å². The number of nitrogens with one attached hydrogen (secondary N) is 1. The Balaban J connectivity index is 2.18. The van der Waals surface area contributed by atoms with E-state index in [1.165, 1.54) is 38.9 Å². The van der Waals surface area contributed by atoms with E-state index < -0.39 is 0 Å². The van der Waals surface area contributed by atoms with E-state index in [1.807, 2.05) is 0 Å². The lowest BCUT2D eigenvalue weighted by Gasteiger charge is -2.32. The molecule has 0 aromatic rings. The number of hydrogen-bond donors (Lipinski definition) is 2. The summed E-state index contributed by atoms with van der Waals surface area (Å²) in [7, 11) is 0. The fourth-order valence-corrected chi connectivity index (χ4v) is 2.50. The second-order valence-corrected chi connectivity index (χ2v) is 6.09. The fourth-order valence-electron chi connectivity index (χ4n) is 2.50. The summed E-state index contributed by atoms with van der Waals surface area (Å²) in [4.78, 5) is 2.57. The lowest BCUT2D eigenvalue weighted by molar-refractivity contribution is 0.175. The number of hydrogen-bond acceptors (Lipinski definition) is 2. The van der Waals surface area contributed by atoms with Crippen LogP contribution in [0.5, 0.6) is 0 Å². The van der Waals surface area contributed by atoms with Gasteiger partial charge in [0.1, 0.15) is 0 Å². The lowest BCUT2D eigenvalue weighted by Crippen LogP contribution is -2.36. The van der Waals surface area contributed by atoms with Crippen molar-refractivity contribution in [2.24, 2.45) is 17.1 Å². The number of rotatable bonds is 6. The highest BCUT2D eigenvalue weighted by molar-refractivity contribution is 5.82. The minimum Gasteiger partial charge on any atom is -0.387 e. The van der Waals surface area contributed by atoms with Gasteiger partial charge in [-0.05, 0) is 51.2 Å². The molecule has 0 aromatic carbocycles. The monoisotopic (exact) mass is 239 g/mol. The van der Waals surface area contributed by atoms with Crippen LogP contribution in [0.25, 0.3) is 0 Å². The minimum absolute atomic E-state index is 0.123. The van der Waals surface area contributed by atoms with Crippen LogP contribution in [0.3, 0.4) is 0 Å². The summed E-state index contributed by atoms with van der Waals surface area (Å²) >= 11 is 0. The molecule has 1 heterocycles. The van der Waals surface area contributed by atoms with Gasteiger partial charge in [-0.2, -0.15) is 0 Å². The van der Waals surface area contributed by atoms with Crippen LogP contribution < -0.4 is 5.73 Å². The molecule has 0 atom stereocenters. The van der Waals surface area contributed by atoms with E-state index in [4.69, 9.17) is 11.1 Å². The number of likely N-dealkylation sites (tertiary alicyclic amines) is 1. The molecular formula is C14H29N3. The number of piperidine rings is 1. The van der Waals surface area contributed by atoms with E-state index in [-0.39, 0.29) is 5.41 Å². The maximum Gasteiger partial charge on any atom is 0.0963 e.